The van der Waals surface area contributed by atoms with E-state index in [1.807, 2.05) is 18.4 Å². The van der Waals surface area contributed by atoms with Crippen molar-refractivity contribution < 1.29 is 0 Å². The van der Waals surface area contributed by atoms with Crippen LogP contribution in [-0.2, 0) is 18.6 Å². The monoisotopic (exact) mass is 318 g/mol. The molecule has 2 aromatic heterocycles. The van der Waals surface area contributed by atoms with Crippen LogP contribution in [0.5, 0.6) is 0 Å². The minimum atomic E-state index is -0.229. The Balaban J connectivity index is 2.34. The Bertz CT molecular complexity index is 821. The van der Waals surface area contributed by atoms with Gasteiger partial charge in [-0.25, -0.2) is 9.78 Å². The third-order valence-corrected chi connectivity index (χ3v) is 5.07. The molecule has 23 heavy (non-hydrogen) atoms. The van der Waals surface area contributed by atoms with Crippen LogP contribution in [0.25, 0.3) is 11.2 Å². The number of aromatic nitrogens is 4. The lowest BCUT2D eigenvalue weighted by atomic mass is 10.0. The zero-order chi connectivity index (χ0) is 16.6. The second-order valence-electron chi connectivity index (χ2n) is 6.88. The summed E-state index contributed by atoms with van der Waals surface area (Å²) in [6, 6.07) is 0. The van der Waals surface area contributed by atoms with Crippen LogP contribution >= 0.6 is 0 Å². The Morgan fingerprint density at radius 3 is 2.30 bits per heavy atom. The second-order valence-corrected chi connectivity index (χ2v) is 6.88. The van der Waals surface area contributed by atoms with Crippen molar-refractivity contribution >= 4 is 11.2 Å². The quantitative estimate of drug-likeness (QED) is 0.851. The van der Waals surface area contributed by atoms with Gasteiger partial charge in [0.05, 0.1) is 6.33 Å². The summed E-state index contributed by atoms with van der Waals surface area (Å²) in [6.07, 6.45) is 7.82. The number of nitrogens with zero attached hydrogens (tertiary/aromatic N) is 4. The number of aryl methyl sites for hydroxylation is 1. The van der Waals surface area contributed by atoms with Crippen LogP contribution in [-0.4, -0.2) is 18.7 Å². The topological polar surface area (TPSA) is 61.8 Å². The van der Waals surface area contributed by atoms with Crippen LogP contribution in [0.2, 0.25) is 0 Å². The summed E-state index contributed by atoms with van der Waals surface area (Å²) >= 11 is 0. The van der Waals surface area contributed by atoms with Gasteiger partial charge >= 0.3 is 5.69 Å². The largest absolute Gasteiger partial charge is 0.332 e. The molecule has 0 bridgehead atoms. The van der Waals surface area contributed by atoms with E-state index in [2.05, 4.69) is 11.9 Å². The molecule has 1 aliphatic rings. The van der Waals surface area contributed by atoms with Crippen molar-refractivity contribution in [1.29, 1.82) is 0 Å². The molecule has 0 N–H and O–H groups in total. The lowest BCUT2D eigenvalue weighted by molar-refractivity contribution is 0.337. The van der Waals surface area contributed by atoms with Crippen LogP contribution in [0.3, 0.4) is 0 Å². The molecular formula is C17H26N4O2. The summed E-state index contributed by atoms with van der Waals surface area (Å²) in [7, 11) is 0. The Labute approximate surface area is 135 Å². The van der Waals surface area contributed by atoms with Crippen molar-refractivity contribution in [3.05, 3.63) is 27.2 Å². The van der Waals surface area contributed by atoms with Crippen molar-refractivity contribution in [2.75, 3.05) is 0 Å². The van der Waals surface area contributed by atoms with E-state index in [9.17, 15) is 9.59 Å². The van der Waals surface area contributed by atoms with E-state index < -0.39 is 0 Å². The lowest BCUT2D eigenvalue weighted by Gasteiger charge is -2.26. The number of rotatable bonds is 5. The highest BCUT2D eigenvalue weighted by atomic mass is 16.2. The van der Waals surface area contributed by atoms with E-state index >= 15 is 0 Å². The normalized spacial score (nSPS) is 17.2. The van der Waals surface area contributed by atoms with Crippen molar-refractivity contribution in [3.63, 3.8) is 0 Å². The summed E-state index contributed by atoms with van der Waals surface area (Å²) in [5, 5.41) is 0. The number of hydrogen-bond donors (Lipinski definition) is 0. The highest BCUT2D eigenvalue weighted by Crippen LogP contribution is 2.37. The van der Waals surface area contributed by atoms with Gasteiger partial charge in [0.15, 0.2) is 11.2 Å². The van der Waals surface area contributed by atoms with E-state index in [1.165, 1.54) is 17.4 Å². The standard InChI is InChI=1S/C17H26N4O2/c1-4-10-19-14-13(15(22)20(11-5-2)16(19)23)21(12-18-14)17(3)8-6-7-9-17/h12H,4-11H2,1-3H3. The maximum absolute atomic E-state index is 13.0. The molecule has 2 heterocycles. The Morgan fingerprint density at radius 2 is 1.70 bits per heavy atom. The minimum absolute atomic E-state index is 0.0631. The van der Waals surface area contributed by atoms with Gasteiger partial charge in [-0.1, -0.05) is 26.7 Å². The van der Waals surface area contributed by atoms with Crippen LogP contribution < -0.4 is 11.2 Å². The predicted octanol–water partition coefficient (Wildman–Crippen LogP) is 2.47. The average molecular weight is 318 g/mol. The molecule has 1 saturated carbocycles. The van der Waals surface area contributed by atoms with Gasteiger partial charge in [0.25, 0.3) is 5.56 Å². The summed E-state index contributed by atoms with van der Waals surface area (Å²) < 4.78 is 5.09. The van der Waals surface area contributed by atoms with Gasteiger partial charge < -0.3 is 4.57 Å². The van der Waals surface area contributed by atoms with Gasteiger partial charge in [-0.2, -0.15) is 0 Å². The van der Waals surface area contributed by atoms with Crippen molar-refractivity contribution in [2.45, 2.75) is 77.9 Å². The summed E-state index contributed by atoms with van der Waals surface area (Å²) in [4.78, 5) is 30.1. The molecule has 126 valence electrons. The van der Waals surface area contributed by atoms with E-state index in [1.54, 1.807) is 10.9 Å². The van der Waals surface area contributed by atoms with Crippen molar-refractivity contribution in [3.8, 4) is 0 Å². The molecule has 6 heteroatoms. The molecule has 0 saturated heterocycles. The summed E-state index contributed by atoms with van der Waals surface area (Å²) in [5.41, 5.74) is 0.655. The van der Waals surface area contributed by atoms with Gasteiger partial charge in [-0.05, 0) is 32.6 Å². The minimum Gasteiger partial charge on any atom is -0.319 e. The highest BCUT2D eigenvalue weighted by Gasteiger charge is 2.33. The molecule has 0 unspecified atom stereocenters. The van der Waals surface area contributed by atoms with E-state index in [-0.39, 0.29) is 16.8 Å². The number of fused-ring (bicyclic) bond motifs is 1. The zero-order valence-corrected chi connectivity index (χ0v) is 14.3. The SMILES string of the molecule is CCCn1c(=O)c2c(ncn2C2(C)CCCC2)n(CCC)c1=O. The Morgan fingerprint density at radius 1 is 1.09 bits per heavy atom. The number of hydrogen-bond acceptors (Lipinski definition) is 3. The van der Waals surface area contributed by atoms with E-state index in [0.29, 0.717) is 24.3 Å². The molecule has 0 aromatic carbocycles. The molecular weight excluding hydrogens is 292 g/mol. The molecule has 1 aliphatic carbocycles. The smallest absolute Gasteiger partial charge is 0.319 e. The third kappa shape index (κ3) is 2.44. The first-order valence-electron chi connectivity index (χ1n) is 8.74. The third-order valence-electron chi connectivity index (χ3n) is 5.07. The van der Waals surface area contributed by atoms with E-state index in [0.717, 1.165) is 25.7 Å². The van der Waals surface area contributed by atoms with Crippen LogP contribution in [0.15, 0.2) is 15.9 Å². The summed E-state index contributed by atoms with van der Waals surface area (Å²) in [5.74, 6) is 0. The van der Waals surface area contributed by atoms with Gasteiger partial charge in [-0.3, -0.25) is 13.9 Å². The maximum Gasteiger partial charge on any atom is 0.332 e. The summed E-state index contributed by atoms with van der Waals surface area (Å²) in [6.45, 7) is 7.25. The highest BCUT2D eigenvalue weighted by molar-refractivity contribution is 5.70. The molecule has 3 rings (SSSR count). The molecule has 0 atom stereocenters. The average Bonchev–Trinajstić information content (AvgIpc) is 3.15. The first kappa shape index (κ1) is 16.0. The van der Waals surface area contributed by atoms with Crippen molar-refractivity contribution in [2.24, 2.45) is 0 Å². The molecule has 0 aliphatic heterocycles. The van der Waals surface area contributed by atoms with Crippen LogP contribution in [0.1, 0.15) is 59.3 Å². The fourth-order valence-corrected chi connectivity index (χ4v) is 3.82. The Kier molecular flexibility index (Phi) is 4.17. The molecule has 1 fully saturated rings. The number of imidazole rings is 1. The van der Waals surface area contributed by atoms with Gasteiger partial charge in [-0.15, -0.1) is 0 Å². The van der Waals surface area contributed by atoms with Gasteiger partial charge in [0.1, 0.15) is 0 Å². The fourth-order valence-electron chi connectivity index (χ4n) is 3.82. The van der Waals surface area contributed by atoms with Crippen LogP contribution in [0, 0.1) is 0 Å². The van der Waals surface area contributed by atoms with Crippen LogP contribution in [0.4, 0.5) is 0 Å². The van der Waals surface area contributed by atoms with Gasteiger partial charge in [0, 0.05) is 18.6 Å². The molecule has 2 aromatic rings. The fraction of sp³-hybridized carbons (Fsp3) is 0.706. The first-order valence-corrected chi connectivity index (χ1v) is 8.74. The molecule has 0 spiro atoms. The zero-order valence-electron chi connectivity index (χ0n) is 14.3. The van der Waals surface area contributed by atoms with E-state index in [4.69, 9.17) is 0 Å². The second kappa shape index (κ2) is 5.98. The molecule has 0 amide bonds. The molecule has 0 radical (unpaired) electrons. The van der Waals surface area contributed by atoms with Crippen molar-refractivity contribution in [1.82, 2.24) is 18.7 Å². The first-order chi connectivity index (χ1) is 11.0. The maximum atomic E-state index is 13.0. The molecule has 6 nitrogen and oxygen atoms in total. The lowest BCUT2D eigenvalue weighted by Crippen LogP contribution is -2.41. The Hall–Kier alpha value is -1.85. The van der Waals surface area contributed by atoms with Gasteiger partial charge in [0.2, 0.25) is 0 Å². The predicted molar refractivity (Wildman–Crippen MR) is 91.0 cm³/mol.